The number of aliphatic hydroxyl groups excluding tert-OH is 1. The molecule has 25 heavy (non-hydrogen) atoms. The minimum Gasteiger partial charge on any atom is -0.387 e. The molecule has 1 aromatic rings. The summed E-state index contributed by atoms with van der Waals surface area (Å²) in [5.41, 5.74) is 0.692. The van der Waals surface area contributed by atoms with Crippen LogP contribution in [0.4, 0.5) is 0 Å². The number of hydrogen-bond acceptors (Lipinski definition) is 4. The van der Waals surface area contributed by atoms with Gasteiger partial charge in [-0.1, -0.05) is 29.3 Å². The summed E-state index contributed by atoms with van der Waals surface area (Å²) in [7, 11) is 0. The molecular weight excluding hydrogens is 363 g/mol. The molecule has 2 fully saturated rings. The molecule has 1 N–H and O–H groups in total. The third-order valence-electron chi connectivity index (χ3n) is 5.01. The van der Waals surface area contributed by atoms with Crippen LogP contribution in [-0.2, 0) is 9.53 Å². The van der Waals surface area contributed by atoms with Gasteiger partial charge in [0.25, 0.3) is 0 Å². The number of β-amino-alcohol motifs (C(OH)–C–C–N with tert-alkyl or cyclic N) is 1. The molecule has 0 radical (unpaired) electrons. The molecule has 0 bridgehead atoms. The highest BCUT2D eigenvalue weighted by Gasteiger charge is 2.30. The van der Waals surface area contributed by atoms with Crippen LogP contribution >= 0.6 is 23.2 Å². The van der Waals surface area contributed by atoms with Crippen LogP contribution in [0.25, 0.3) is 0 Å². The van der Waals surface area contributed by atoms with Crippen LogP contribution in [0, 0.1) is 5.92 Å². The van der Waals surface area contributed by atoms with Crippen LogP contribution < -0.4 is 0 Å². The fourth-order valence-corrected chi connectivity index (χ4v) is 4.05. The molecule has 0 aliphatic carbocycles. The van der Waals surface area contributed by atoms with Crippen LogP contribution in [0.1, 0.15) is 24.5 Å². The largest absolute Gasteiger partial charge is 0.387 e. The van der Waals surface area contributed by atoms with Gasteiger partial charge in [-0.3, -0.25) is 4.79 Å². The van der Waals surface area contributed by atoms with Gasteiger partial charge in [0, 0.05) is 41.2 Å². The van der Waals surface area contributed by atoms with Crippen molar-refractivity contribution in [3.63, 3.8) is 0 Å². The molecule has 2 saturated heterocycles. The lowest BCUT2D eigenvalue weighted by Crippen LogP contribution is -2.47. The summed E-state index contributed by atoms with van der Waals surface area (Å²) in [5, 5.41) is 11.5. The van der Waals surface area contributed by atoms with E-state index in [2.05, 4.69) is 4.90 Å². The fraction of sp³-hybridized carbons (Fsp3) is 0.611. The van der Waals surface area contributed by atoms with Crippen LogP contribution in [-0.4, -0.2) is 66.8 Å². The highest BCUT2D eigenvalue weighted by molar-refractivity contribution is 6.35. The van der Waals surface area contributed by atoms with Crippen molar-refractivity contribution in [2.75, 3.05) is 45.9 Å². The Morgan fingerprint density at radius 3 is 2.52 bits per heavy atom. The maximum Gasteiger partial charge on any atom is 0.225 e. The van der Waals surface area contributed by atoms with Crippen molar-refractivity contribution in [1.29, 1.82) is 0 Å². The number of hydrogen-bond donors (Lipinski definition) is 1. The minimum atomic E-state index is -0.656. The Labute approximate surface area is 158 Å². The highest BCUT2D eigenvalue weighted by atomic mass is 35.5. The number of nitrogens with zero attached hydrogens (tertiary/aromatic N) is 2. The zero-order valence-electron chi connectivity index (χ0n) is 14.2. The second-order valence-electron chi connectivity index (χ2n) is 6.69. The van der Waals surface area contributed by atoms with Gasteiger partial charge in [-0.25, -0.2) is 0 Å². The summed E-state index contributed by atoms with van der Waals surface area (Å²) >= 11 is 12.1. The van der Waals surface area contributed by atoms with Gasteiger partial charge in [0.1, 0.15) is 0 Å². The van der Waals surface area contributed by atoms with Gasteiger partial charge in [0.05, 0.1) is 19.3 Å². The van der Waals surface area contributed by atoms with Crippen molar-refractivity contribution in [2.24, 2.45) is 5.92 Å². The molecule has 0 spiro atoms. The third-order valence-corrected chi connectivity index (χ3v) is 5.57. The number of amides is 1. The first-order chi connectivity index (χ1) is 12.0. The Kier molecular flexibility index (Phi) is 6.58. The van der Waals surface area contributed by atoms with Gasteiger partial charge in [0.2, 0.25) is 5.91 Å². The van der Waals surface area contributed by atoms with Gasteiger partial charge in [0.15, 0.2) is 0 Å². The maximum atomic E-state index is 12.6. The summed E-state index contributed by atoms with van der Waals surface area (Å²) in [6.07, 6.45) is 1.00. The second kappa shape index (κ2) is 8.69. The van der Waals surface area contributed by atoms with Crippen molar-refractivity contribution >= 4 is 29.1 Å². The molecule has 2 heterocycles. The number of carbonyl (C=O) groups excluding carboxylic acids is 1. The smallest absolute Gasteiger partial charge is 0.225 e. The van der Waals surface area contributed by atoms with E-state index in [9.17, 15) is 9.90 Å². The molecule has 138 valence electrons. The predicted octanol–water partition coefficient (Wildman–Crippen LogP) is 2.60. The summed E-state index contributed by atoms with van der Waals surface area (Å²) in [6.45, 7) is 4.81. The lowest BCUT2D eigenvalue weighted by molar-refractivity contribution is -0.141. The van der Waals surface area contributed by atoms with Crippen molar-refractivity contribution in [3.8, 4) is 0 Å². The molecule has 1 aromatic carbocycles. The first-order valence-corrected chi connectivity index (χ1v) is 9.52. The van der Waals surface area contributed by atoms with Crippen molar-refractivity contribution in [3.05, 3.63) is 33.8 Å². The third kappa shape index (κ3) is 4.86. The summed E-state index contributed by atoms with van der Waals surface area (Å²) in [6, 6.07) is 5.15. The maximum absolute atomic E-state index is 12.6. The fourth-order valence-electron chi connectivity index (χ4n) is 3.52. The van der Waals surface area contributed by atoms with E-state index in [1.807, 2.05) is 4.90 Å². The number of likely N-dealkylation sites (tertiary alicyclic amines) is 1. The van der Waals surface area contributed by atoms with Crippen LogP contribution in [0.2, 0.25) is 10.0 Å². The van der Waals surface area contributed by atoms with Crippen LogP contribution in [0.15, 0.2) is 18.2 Å². The summed E-state index contributed by atoms with van der Waals surface area (Å²) in [4.78, 5) is 16.7. The molecule has 0 unspecified atom stereocenters. The molecular formula is C18H24Cl2N2O3. The monoisotopic (exact) mass is 386 g/mol. The van der Waals surface area contributed by atoms with E-state index in [0.717, 1.165) is 25.9 Å². The van der Waals surface area contributed by atoms with E-state index >= 15 is 0 Å². The van der Waals surface area contributed by atoms with E-state index < -0.39 is 6.10 Å². The number of rotatable bonds is 4. The standard InChI is InChI=1S/C18H24Cl2N2O3/c19-14-1-2-15(16(20)11-14)17(23)12-21-5-3-13(4-6-21)18(24)22-7-9-25-10-8-22/h1-2,11,13,17,23H,3-10,12H2/t17-/m1/s1. The van der Waals surface area contributed by atoms with Crippen molar-refractivity contribution < 1.29 is 14.6 Å². The number of aliphatic hydroxyl groups is 1. The Bertz CT molecular complexity index is 600. The van der Waals surface area contributed by atoms with Crippen molar-refractivity contribution in [1.82, 2.24) is 9.80 Å². The number of ether oxygens (including phenoxy) is 1. The molecule has 5 nitrogen and oxygen atoms in total. The molecule has 3 rings (SSSR count). The minimum absolute atomic E-state index is 0.0885. The molecule has 7 heteroatoms. The van der Waals surface area contributed by atoms with E-state index in [-0.39, 0.29) is 11.8 Å². The van der Waals surface area contributed by atoms with E-state index in [4.69, 9.17) is 27.9 Å². The number of carbonyl (C=O) groups is 1. The average molecular weight is 387 g/mol. The first-order valence-electron chi connectivity index (χ1n) is 8.76. The quantitative estimate of drug-likeness (QED) is 0.863. The van der Waals surface area contributed by atoms with Crippen LogP contribution in [0.3, 0.4) is 0 Å². The number of morpholine rings is 1. The number of halogens is 2. The van der Waals surface area contributed by atoms with Crippen LogP contribution in [0.5, 0.6) is 0 Å². The zero-order valence-corrected chi connectivity index (χ0v) is 15.7. The predicted molar refractivity (Wildman–Crippen MR) is 98.0 cm³/mol. The normalized spacial score (nSPS) is 21.3. The molecule has 2 aliphatic heterocycles. The Morgan fingerprint density at radius 1 is 1.20 bits per heavy atom. The Hall–Kier alpha value is -0.850. The van der Waals surface area contributed by atoms with E-state index in [1.165, 1.54) is 0 Å². The SMILES string of the molecule is O=C(C1CCN(C[C@@H](O)c2ccc(Cl)cc2Cl)CC1)N1CCOCC1. The zero-order chi connectivity index (χ0) is 17.8. The molecule has 1 atom stereocenters. The average Bonchev–Trinajstić information content (AvgIpc) is 2.62. The number of benzene rings is 1. The Balaban J connectivity index is 1.49. The Morgan fingerprint density at radius 2 is 1.88 bits per heavy atom. The number of piperidine rings is 1. The van der Waals surface area contributed by atoms with Gasteiger partial charge in [-0.15, -0.1) is 0 Å². The topological polar surface area (TPSA) is 53.0 Å². The molecule has 2 aliphatic rings. The van der Waals surface area contributed by atoms with Gasteiger partial charge >= 0.3 is 0 Å². The van der Waals surface area contributed by atoms with Gasteiger partial charge < -0.3 is 19.6 Å². The van der Waals surface area contributed by atoms with E-state index in [1.54, 1.807) is 18.2 Å². The molecule has 0 aromatic heterocycles. The second-order valence-corrected chi connectivity index (χ2v) is 7.54. The summed E-state index contributed by atoms with van der Waals surface area (Å²) in [5.74, 6) is 0.342. The highest BCUT2D eigenvalue weighted by Crippen LogP contribution is 2.28. The van der Waals surface area contributed by atoms with E-state index in [0.29, 0.717) is 48.5 Å². The first kappa shape index (κ1) is 18.9. The molecule has 1 amide bonds. The lowest BCUT2D eigenvalue weighted by Gasteiger charge is -2.36. The van der Waals surface area contributed by atoms with Gasteiger partial charge in [-0.05, 0) is 38.1 Å². The summed E-state index contributed by atoms with van der Waals surface area (Å²) < 4.78 is 5.31. The van der Waals surface area contributed by atoms with Gasteiger partial charge in [-0.2, -0.15) is 0 Å². The molecule has 0 saturated carbocycles. The lowest BCUT2D eigenvalue weighted by atomic mass is 9.94. The van der Waals surface area contributed by atoms with Crippen molar-refractivity contribution in [2.45, 2.75) is 18.9 Å².